The van der Waals surface area contributed by atoms with Crippen molar-refractivity contribution in [1.29, 1.82) is 0 Å². The summed E-state index contributed by atoms with van der Waals surface area (Å²) < 4.78 is 0. The fourth-order valence-electron chi connectivity index (χ4n) is 5.85. The number of aromatic amines is 1. The maximum absolute atomic E-state index is 12.8. The number of fused-ring (bicyclic) bond motifs is 3. The van der Waals surface area contributed by atoms with Crippen LogP contribution >= 0.6 is 0 Å². The Morgan fingerprint density at radius 1 is 1.03 bits per heavy atom. The molecule has 0 bridgehead atoms. The van der Waals surface area contributed by atoms with Crippen LogP contribution in [-0.2, 0) is 6.42 Å². The number of aromatic nitrogens is 1. The van der Waals surface area contributed by atoms with Crippen molar-refractivity contribution in [2.75, 3.05) is 20.1 Å². The molecule has 3 heterocycles. The number of benzene rings is 2. The summed E-state index contributed by atoms with van der Waals surface area (Å²) in [6.45, 7) is 1.40. The normalized spacial score (nSPS) is 26.1. The summed E-state index contributed by atoms with van der Waals surface area (Å²) >= 11 is 0. The third-order valence-corrected chi connectivity index (χ3v) is 7.13. The number of carbonyl (C=O) groups excluding carboxylic acids is 2. The Bertz CT molecular complexity index is 1130. The lowest BCUT2D eigenvalue weighted by Crippen LogP contribution is -2.50. The fourth-order valence-corrected chi connectivity index (χ4v) is 5.85. The average molecular weight is 385 g/mol. The van der Waals surface area contributed by atoms with Crippen LogP contribution in [0.3, 0.4) is 0 Å². The first-order chi connectivity index (χ1) is 14.1. The van der Waals surface area contributed by atoms with E-state index in [0.29, 0.717) is 29.6 Å². The molecular formula is C24H23N3O2. The summed E-state index contributed by atoms with van der Waals surface area (Å²) in [5.41, 5.74) is 5.11. The molecule has 1 unspecified atom stereocenters. The molecule has 2 amide bonds. The number of imide groups is 1. The molecule has 1 aliphatic carbocycles. The Balaban J connectivity index is 1.30. The second-order valence-electron chi connectivity index (χ2n) is 8.77. The van der Waals surface area contributed by atoms with Gasteiger partial charge in [0.25, 0.3) is 11.8 Å². The standard InChI is InChI=1S/C24H23N3O2/c1-26-12-14(13-27-23(28)17-5-2-3-6-18(17)24(27)29)9-19-16-7-4-8-20-22(16)15(11-25-20)10-21(19)26/h2-8,11,14,19,21,25H,9-10,12-13H2,1H3/t14-,19?,21-/m1/s1. The molecule has 3 atom stereocenters. The molecule has 1 fully saturated rings. The molecule has 29 heavy (non-hydrogen) atoms. The first kappa shape index (κ1) is 17.0. The van der Waals surface area contributed by atoms with Crippen molar-refractivity contribution in [3.63, 3.8) is 0 Å². The molecule has 1 saturated heterocycles. The number of likely N-dealkylation sites (tertiary alicyclic amines) is 1. The summed E-state index contributed by atoms with van der Waals surface area (Å²) in [6, 6.07) is 14.2. The van der Waals surface area contributed by atoms with Crippen LogP contribution < -0.4 is 0 Å². The first-order valence-electron chi connectivity index (χ1n) is 10.4. The van der Waals surface area contributed by atoms with Gasteiger partial charge >= 0.3 is 0 Å². The molecule has 3 aliphatic rings. The van der Waals surface area contributed by atoms with Gasteiger partial charge in [-0.1, -0.05) is 24.3 Å². The molecule has 1 aromatic heterocycles. The number of rotatable bonds is 2. The van der Waals surface area contributed by atoms with E-state index in [2.05, 4.69) is 41.3 Å². The van der Waals surface area contributed by atoms with Crippen molar-refractivity contribution in [3.8, 4) is 0 Å². The Morgan fingerprint density at radius 2 is 1.79 bits per heavy atom. The third kappa shape index (κ3) is 2.37. The SMILES string of the molecule is CN1C[C@H](CN2C(=O)c3ccccc3C2=O)CC2c3cccc4[nH]cc(c34)C[C@H]21. The molecular weight excluding hydrogens is 362 g/mol. The van der Waals surface area contributed by atoms with Gasteiger partial charge in [-0.25, -0.2) is 0 Å². The molecule has 6 rings (SSSR count). The molecule has 146 valence electrons. The first-order valence-corrected chi connectivity index (χ1v) is 10.4. The molecule has 5 heteroatoms. The number of amides is 2. The van der Waals surface area contributed by atoms with E-state index in [1.54, 1.807) is 12.1 Å². The van der Waals surface area contributed by atoms with Crippen molar-refractivity contribution in [2.45, 2.75) is 24.8 Å². The van der Waals surface area contributed by atoms with Crippen LogP contribution in [0, 0.1) is 5.92 Å². The Labute approximate surface area is 169 Å². The Morgan fingerprint density at radius 3 is 2.55 bits per heavy atom. The monoisotopic (exact) mass is 385 g/mol. The smallest absolute Gasteiger partial charge is 0.261 e. The van der Waals surface area contributed by atoms with Gasteiger partial charge < -0.3 is 9.88 Å². The predicted octanol–water partition coefficient (Wildman–Crippen LogP) is 3.42. The van der Waals surface area contributed by atoms with E-state index in [1.165, 1.54) is 26.9 Å². The number of H-pyrrole nitrogens is 1. The Hall–Kier alpha value is -2.92. The quantitative estimate of drug-likeness (QED) is 0.688. The molecule has 1 N–H and O–H groups in total. The summed E-state index contributed by atoms with van der Waals surface area (Å²) in [5.74, 6) is 0.420. The number of nitrogens with zero attached hydrogens (tertiary/aromatic N) is 2. The molecule has 0 spiro atoms. The lowest BCUT2D eigenvalue weighted by Gasteiger charge is -2.46. The second kappa shape index (κ2) is 6.04. The van der Waals surface area contributed by atoms with Gasteiger partial charge in [0.15, 0.2) is 0 Å². The van der Waals surface area contributed by atoms with Crippen LogP contribution in [0.25, 0.3) is 10.9 Å². The van der Waals surface area contributed by atoms with Crippen LogP contribution in [0.2, 0.25) is 0 Å². The minimum absolute atomic E-state index is 0.144. The van der Waals surface area contributed by atoms with Crippen molar-refractivity contribution >= 4 is 22.7 Å². The highest BCUT2D eigenvalue weighted by atomic mass is 16.2. The molecule has 0 saturated carbocycles. The Kier molecular flexibility index (Phi) is 3.54. The average Bonchev–Trinajstić information content (AvgIpc) is 3.25. The van der Waals surface area contributed by atoms with Gasteiger partial charge in [-0.2, -0.15) is 0 Å². The number of hydrogen-bond acceptors (Lipinski definition) is 3. The molecule has 3 aromatic rings. The topological polar surface area (TPSA) is 56.4 Å². The maximum Gasteiger partial charge on any atom is 0.261 e. The number of piperidine rings is 1. The summed E-state index contributed by atoms with van der Waals surface area (Å²) in [5, 5.41) is 1.38. The lowest BCUT2D eigenvalue weighted by molar-refractivity contribution is 0.0539. The van der Waals surface area contributed by atoms with Gasteiger partial charge in [0.2, 0.25) is 0 Å². The van der Waals surface area contributed by atoms with E-state index in [9.17, 15) is 9.59 Å². The zero-order valence-corrected chi connectivity index (χ0v) is 16.4. The minimum atomic E-state index is -0.144. The van der Waals surface area contributed by atoms with Crippen molar-refractivity contribution in [3.05, 3.63) is 70.9 Å². The molecule has 0 radical (unpaired) electrons. The number of hydrogen-bond donors (Lipinski definition) is 1. The van der Waals surface area contributed by atoms with Gasteiger partial charge in [0, 0.05) is 42.1 Å². The zero-order valence-electron chi connectivity index (χ0n) is 16.4. The van der Waals surface area contributed by atoms with E-state index < -0.39 is 0 Å². The highest BCUT2D eigenvalue weighted by Gasteiger charge is 2.42. The van der Waals surface area contributed by atoms with Crippen LogP contribution in [0.15, 0.2) is 48.7 Å². The highest BCUT2D eigenvalue weighted by molar-refractivity contribution is 6.21. The van der Waals surface area contributed by atoms with Crippen LogP contribution in [-0.4, -0.2) is 52.8 Å². The second-order valence-corrected chi connectivity index (χ2v) is 8.77. The molecule has 2 aromatic carbocycles. The van der Waals surface area contributed by atoms with Crippen LogP contribution in [0.1, 0.15) is 44.2 Å². The lowest BCUT2D eigenvalue weighted by atomic mass is 9.72. The summed E-state index contributed by atoms with van der Waals surface area (Å²) in [7, 11) is 2.18. The van der Waals surface area contributed by atoms with Crippen molar-refractivity contribution in [1.82, 2.24) is 14.8 Å². The summed E-state index contributed by atoms with van der Waals surface area (Å²) in [4.78, 5) is 33.0. The molecule has 5 nitrogen and oxygen atoms in total. The van der Waals surface area contributed by atoms with Gasteiger partial charge in [0.1, 0.15) is 0 Å². The number of nitrogens with one attached hydrogen (secondary N) is 1. The van der Waals surface area contributed by atoms with Crippen molar-refractivity contribution < 1.29 is 9.59 Å². The van der Waals surface area contributed by atoms with Crippen LogP contribution in [0.4, 0.5) is 0 Å². The van der Waals surface area contributed by atoms with E-state index in [0.717, 1.165) is 19.4 Å². The van der Waals surface area contributed by atoms with E-state index in [4.69, 9.17) is 0 Å². The largest absolute Gasteiger partial charge is 0.361 e. The maximum atomic E-state index is 12.8. The van der Waals surface area contributed by atoms with E-state index in [-0.39, 0.29) is 17.7 Å². The van der Waals surface area contributed by atoms with Gasteiger partial charge in [-0.05, 0) is 55.1 Å². The minimum Gasteiger partial charge on any atom is -0.361 e. The van der Waals surface area contributed by atoms with Gasteiger partial charge in [-0.3, -0.25) is 14.5 Å². The van der Waals surface area contributed by atoms with Crippen molar-refractivity contribution in [2.24, 2.45) is 5.92 Å². The van der Waals surface area contributed by atoms with E-state index in [1.807, 2.05) is 12.1 Å². The van der Waals surface area contributed by atoms with Gasteiger partial charge in [-0.15, -0.1) is 0 Å². The summed E-state index contributed by atoms with van der Waals surface area (Å²) in [6.07, 6.45) is 4.22. The third-order valence-electron chi connectivity index (χ3n) is 7.13. The van der Waals surface area contributed by atoms with Gasteiger partial charge in [0.05, 0.1) is 11.1 Å². The molecule has 2 aliphatic heterocycles. The zero-order chi connectivity index (χ0) is 19.7. The van der Waals surface area contributed by atoms with E-state index >= 15 is 0 Å². The van der Waals surface area contributed by atoms with Crippen LogP contribution in [0.5, 0.6) is 0 Å². The number of carbonyl (C=O) groups is 2. The highest BCUT2D eigenvalue weighted by Crippen LogP contribution is 2.44. The fraction of sp³-hybridized carbons (Fsp3) is 0.333. The number of likely N-dealkylation sites (N-methyl/N-ethyl adjacent to an activating group) is 1. The predicted molar refractivity (Wildman–Crippen MR) is 111 cm³/mol.